The smallest absolute Gasteiger partial charge is 0.418 e. The van der Waals surface area contributed by atoms with Gasteiger partial charge in [-0.3, -0.25) is 9.59 Å². The molecule has 0 N–H and O–H groups in total. The molecule has 1 saturated heterocycles. The van der Waals surface area contributed by atoms with Crippen LogP contribution in [0.4, 0.5) is 22.4 Å². The minimum absolute atomic E-state index is 0.188. The highest BCUT2D eigenvalue weighted by molar-refractivity contribution is 6.06. The van der Waals surface area contributed by atoms with E-state index in [0.717, 1.165) is 48.6 Å². The van der Waals surface area contributed by atoms with Gasteiger partial charge in [-0.25, -0.2) is 14.1 Å². The molecule has 220 valence electrons. The minimum atomic E-state index is -4.78. The van der Waals surface area contributed by atoms with E-state index in [0.29, 0.717) is 26.8 Å². The third kappa shape index (κ3) is 4.35. The number of rotatable bonds is 6. The number of alkyl halides is 3. The average molecular weight is 586 g/mol. The van der Waals surface area contributed by atoms with E-state index in [-0.39, 0.29) is 17.4 Å². The molecule has 42 heavy (non-hydrogen) atoms. The van der Waals surface area contributed by atoms with Crippen molar-refractivity contribution in [1.82, 2.24) is 15.0 Å². The van der Waals surface area contributed by atoms with Crippen LogP contribution in [0, 0.1) is 19.7 Å². The number of aryl methyl sites for hydroxylation is 2. The second-order valence-corrected chi connectivity index (χ2v) is 11.4. The van der Waals surface area contributed by atoms with Gasteiger partial charge in [0.15, 0.2) is 0 Å². The van der Waals surface area contributed by atoms with Gasteiger partial charge in [0.05, 0.1) is 5.69 Å². The van der Waals surface area contributed by atoms with Crippen LogP contribution in [-0.4, -0.2) is 51.6 Å². The van der Waals surface area contributed by atoms with Crippen molar-refractivity contribution in [3.63, 3.8) is 0 Å². The van der Waals surface area contributed by atoms with E-state index in [9.17, 15) is 31.9 Å². The van der Waals surface area contributed by atoms with Crippen molar-refractivity contribution in [3.8, 4) is 11.1 Å². The Kier molecular flexibility index (Phi) is 6.25. The SMILES string of the molecule is Cc1noc(C)c1-c1ccc2c(c1)C1(CC1)CC21OC(=O)N(CC(=O)N(Cc2ccc(F)cc2)[C@@H](C)C(F)(F)F)C1=O. The second kappa shape index (κ2) is 9.40. The molecule has 0 radical (unpaired) electrons. The lowest BCUT2D eigenvalue weighted by atomic mass is 9.92. The van der Waals surface area contributed by atoms with E-state index < -0.39 is 54.6 Å². The fourth-order valence-corrected chi connectivity index (χ4v) is 6.25. The Labute approximate surface area is 238 Å². The minimum Gasteiger partial charge on any atom is -0.427 e. The third-order valence-corrected chi connectivity index (χ3v) is 8.68. The molecular weight excluding hydrogens is 558 g/mol. The molecule has 2 aromatic carbocycles. The molecule has 2 fully saturated rings. The molecule has 1 aromatic heterocycles. The molecule has 2 aliphatic carbocycles. The first-order chi connectivity index (χ1) is 19.8. The molecule has 3 aromatic rings. The standard InChI is InChI=1S/C30H27F4N3O5/c1-16-25(17(2)42-35-16)20-6-9-22-23(12-20)28(10-11-28)15-29(22)26(39)37(27(40)41-29)14-24(38)36(18(3)30(32,33)34)13-19-4-7-21(31)8-5-19/h4-9,12,18H,10-11,13-15H2,1-3H3/t18-,29?/m0/s1. The van der Waals surface area contributed by atoms with Crippen molar-refractivity contribution >= 4 is 17.9 Å². The highest BCUT2D eigenvalue weighted by Gasteiger charge is 2.68. The molecule has 2 atom stereocenters. The molecule has 2 heterocycles. The lowest BCUT2D eigenvalue weighted by molar-refractivity contribution is -0.187. The summed E-state index contributed by atoms with van der Waals surface area (Å²) in [7, 11) is 0. The first-order valence-corrected chi connectivity index (χ1v) is 13.5. The van der Waals surface area contributed by atoms with Crippen molar-refractivity contribution in [2.45, 2.75) is 69.8 Å². The summed E-state index contributed by atoms with van der Waals surface area (Å²) in [4.78, 5) is 41.4. The van der Waals surface area contributed by atoms with E-state index >= 15 is 0 Å². The molecule has 8 nitrogen and oxygen atoms in total. The quantitative estimate of drug-likeness (QED) is 0.346. The number of ether oxygens (including phenoxy) is 1. The number of aromatic nitrogens is 1. The monoisotopic (exact) mass is 585 g/mol. The van der Waals surface area contributed by atoms with Crippen molar-refractivity contribution < 1.29 is 41.2 Å². The van der Waals surface area contributed by atoms with Crippen molar-refractivity contribution in [2.24, 2.45) is 0 Å². The predicted molar refractivity (Wildman–Crippen MR) is 139 cm³/mol. The van der Waals surface area contributed by atoms with E-state index in [1.54, 1.807) is 19.1 Å². The molecule has 3 amide bonds. The summed E-state index contributed by atoms with van der Waals surface area (Å²) in [5, 5.41) is 4.01. The van der Waals surface area contributed by atoms with E-state index in [1.807, 2.05) is 13.0 Å². The molecule has 12 heteroatoms. The number of hydrogen-bond acceptors (Lipinski definition) is 6. The van der Waals surface area contributed by atoms with E-state index in [1.165, 1.54) is 12.1 Å². The van der Waals surface area contributed by atoms with Crippen LogP contribution in [0.3, 0.4) is 0 Å². The van der Waals surface area contributed by atoms with Crippen molar-refractivity contribution in [3.05, 3.63) is 76.4 Å². The molecule has 1 aliphatic heterocycles. The maximum atomic E-state index is 13.9. The number of nitrogens with zero attached hydrogens (tertiary/aromatic N) is 3. The number of benzene rings is 2. The zero-order valence-electron chi connectivity index (χ0n) is 23.0. The number of imide groups is 1. The number of halogens is 4. The van der Waals surface area contributed by atoms with Gasteiger partial charge in [0.1, 0.15) is 24.2 Å². The van der Waals surface area contributed by atoms with Gasteiger partial charge in [0.2, 0.25) is 11.5 Å². The zero-order valence-corrected chi connectivity index (χ0v) is 23.0. The fraction of sp³-hybridized carbons (Fsp3) is 0.400. The van der Waals surface area contributed by atoms with Gasteiger partial charge in [-0.05, 0) is 68.5 Å². The summed E-state index contributed by atoms with van der Waals surface area (Å²) in [5.74, 6) is -1.83. The predicted octanol–water partition coefficient (Wildman–Crippen LogP) is 5.69. The van der Waals surface area contributed by atoms with Crippen LogP contribution in [0.1, 0.15) is 54.3 Å². The van der Waals surface area contributed by atoms with Crippen LogP contribution in [-0.2, 0) is 31.9 Å². The zero-order chi connectivity index (χ0) is 30.2. The van der Waals surface area contributed by atoms with Gasteiger partial charge in [0, 0.05) is 29.5 Å². The van der Waals surface area contributed by atoms with Crippen molar-refractivity contribution in [2.75, 3.05) is 6.54 Å². The van der Waals surface area contributed by atoms with Crippen LogP contribution < -0.4 is 0 Å². The number of carbonyl (C=O) groups excluding carboxylic acids is 3. The third-order valence-electron chi connectivity index (χ3n) is 8.68. The Morgan fingerprint density at radius 3 is 2.38 bits per heavy atom. The normalized spacial score (nSPS) is 21.2. The van der Waals surface area contributed by atoms with Gasteiger partial charge >= 0.3 is 12.3 Å². The molecular formula is C30H27F4N3O5. The maximum absolute atomic E-state index is 13.9. The molecule has 1 saturated carbocycles. The summed E-state index contributed by atoms with van der Waals surface area (Å²) in [6.45, 7) is 3.00. The van der Waals surface area contributed by atoms with Gasteiger partial charge in [0.25, 0.3) is 5.91 Å². The van der Waals surface area contributed by atoms with Gasteiger partial charge in [-0.1, -0.05) is 29.4 Å². The largest absolute Gasteiger partial charge is 0.427 e. The average Bonchev–Trinajstić information content (AvgIpc) is 3.49. The Morgan fingerprint density at radius 1 is 1.10 bits per heavy atom. The van der Waals surface area contributed by atoms with Crippen LogP contribution in [0.15, 0.2) is 47.0 Å². The molecule has 2 spiro atoms. The molecule has 6 rings (SSSR count). The Balaban J connectivity index is 1.30. The van der Waals surface area contributed by atoms with Crippen molar-refractivity contribution in [1.29, 1.82) is 0 Å². The van der Waals surface area contributed by atoms with Crippen LogP contribution in [0.2, 0.25) is 0 Å². The molecule has 1 unspecified atom stereocenters. The number of amides is 3. The highest BCUT2D eigenvalue weighted by atomic mass is 19.4. The molecule has 0 bridgehead atoms. The first kappa shape index (κ1) is 27.9. The summed E-state index contributed by atoms with van der Waals surface area (Å²) in [6, 6.07) is 7.92. The first-order valence-electron chi connectivity index (χ1n) is 13.5. The summed E-state index contributed by atoms with van der Waals surface area (Å²) in [6.07, 6.45) is -4.15. The lowest BCUT2D eigenvalue weighted by Gasteiger charge is -2.31. The summed E-state index contributed by atoms with van der Waals surface area (Å²) in [5.41, 5.74) is 1.94. The van der Waals surface area contributed by atoms with Crippen LogP contribution >= 0.6 is 0 Å². The number of carbonyl (C=O) groups is 3. The number of hydrogen-bond donors (Lipinski definition) is 0. The lowest BCUT2D eigenvalue weighted by Crippen LogP contribution is -2.51. The summed E-state index contributed by atoms with van der Waals surface area (Å²) < 4.78 is 65.6. The Hall–Kier alpha value is -4.22. The second-order valence-electron chi connectivity index (χ2n) is 11.4. The summed E-state index contributed by atoms with van der Waals surface area (Å²) >= 11 is 0. The topological polar surface area (TPSA) is 93.0 Å². The number of fused-ring (bicyclic) bond motifs is 3. The van der Waals surface area contributed by atoms with Gasteiger partial charge < -0.3 is 14.2 Å². The maximum Gasteiger partial charge on any atom is 0.418 e. The van der Waals surface area contributed by atoms with E-state index in [2.05, 4.69) is 5.16 Å². The highest BCUT2D eigenvalue weighted by Crippen LogP contribution is 2.65. The van der Waals surface area contributed by atoms with Gasteiger partial charge in [-0.2, -0.15) is 13.2 Å². The van der Waals surface area contributed by atoms with Gasteiger partial charge in [-0.15, -0.1) is 0 Å². The van der Waals surface area contributed by atoms with Crippen LogP contribution in [0.25, 0.3) is 11.1 Å². The molecule has 3 aliphatic rings. The fourth-order valence-electron chi connectivity index (χ4n) is 6.25. The van der Waals surface area contributed by atoms with E-state index in [4.69, 9.17) is 9.26 Å². The Bertz CT molecular complexity index is 1590. The van der Waals surface area contributed by atoms with Crippen LogP contribution in [0.5, 0.6) is 0 Å². The Morgan fingerprint density at radius 2 is 1.79 bits per heavy atom.